The summed E-state index contributed by atoms with van der Waals surface area (Å²) in [6, 6.07) is 13.4. The zero-order valence-corrected chi connectivity index (χ0v) is 15.1. The van der Waals surface area contributed by atoms with E-state index >= 15 is 0 Å². The van der Waals surface area contributed by atoms with E-state index in [2.05, 4.69) is 4.74 Å². The highest BCUT2D eigenvalue weighted by Gasteiger charge is 2.17. The van der Waals surface area contributed by atoms with Gasteiger partial charge in [0.05, 0.1) is 7.11 Å². The Hall–Kier alpha value is -2.45. The van der Waals surface area contributed by atoms with Gasteiger partial charge in [-0.2, -0.15) is 13.1 Å². The van der Waals surface area contributed by atoms with Crippen molar-refractivity contribution in [2.75, 3.05) is 14.2 Å². The lowest BCUT2D eigenvalue weighted by Crippen LogP contribution is -2.24. The molecule has 0 heterocycles. The summed E-state index contributed by atoms with van der Waals surface area (Å²) < 4.78 is 60.2. The average Bonchev–Trinajstić information content (AvgIpc) is 2.60. The fourth-order valence-corrected chi connectivity index (χ4v) is 3.05. The quantitative estimate of drug-likeness (QED) is 0.697. The molecule has 0 unspecified atom stereocenters. The minimum absolute atomic E-state index is 0.00887. The molecule has 0 atom stereocenters. The summed E-state index contributed by atoms with van der Waals surface area (Å²) in [7, 11) is -0.939. The number of methoxy groups -OCH3 is 1. The second-order valence-corrected chi connectivity index (χ2v) is 7.30. The van der Waals surface area contributed by atoms with Crippen LogP contribution < -0.4 is 9.47 Å². The first-order valence-corrected chi connectivity index (χ1v) is 9.13. The monoisotopic (exact) mass is 383 g/mol. The van der Waals surface area contributed by atoms with Gasteiger partial charge in [-0.25, -0.2) is 8.42 Å². The standard InChI is InChI=1S/C18H19F2NO4S/c1-21(26(22,23)11-10-14-6-4-3-5-7-14)13-15-8-9-16(24-2)17(12-15)25-18(19)20/h3-12,18H,13H2,1-2H3/b11-10+. The Morgan fingerprint density at radius 2 is 1.81 bits per heavy atom. The molecular formula is C18H19F2NO4S. The van der Waals surface area contributed by atoms with E-state index in [1.165, 1.54) is 32.4 Å². The number of halogens is 2. The number of hydrogen-bond donors (Lipinski definition) is 0. The molecule has 2 rings (SSSR count). The van der Waals surface area contributed by atoms with Crippen LogP contribution in [-0.2, 0) is 16.6 Å². The molecule has 0 radical (unpaired) electrons. The zero-order chi connectivity index (χ0) is 19.2. The van der Waals surface area contributed by atoms with Gasteiger partial charge in [-0.3, -0.25) is 0 Å². The number of alkyl halides is 2. The van der Waals surface area contributed by atoms with Crippen molar-refractivity contribution >= 4 is 16.1 Å². The van der Waals surface area contributed by atoms with Gasteiger partial charge in [-0.1, -0.05) is 36.4 Å². The molecule has 26 heavy (non-hydrogen) atoms. The minimum Gasteiger partial charge on any atom is -0.493 e. The maximum Gasteiger partial charge on any atom is 0.387 e. The smallest absolute Gasteiger partial charge is 0.387 e. The van der Waals surface area contributed by atoms with Gasteiger partial charge in [-0.05, 0) is 29.3 Å². The molecule has 2 aromatic rings. The molecule has 0 amide bonds. The normalized spacial score (nSPS) is 12.1. The van der Waals surface area contributed by atoms with Crippen LogP contribution in [0.15, 0.2) is 53.9 Å². The van der Waals surface area contributed by atoms with Crippen LogP contribution in [0.3, 0.4) is 0 Å². The lowest BCUT2D eigenvalue weighted by molar-refractivity contribution is -0.0512. The van der Waals surface area contributed by atoms with Crippen LogP contribution in [-0.4, -0.2) is 33.5 Å². The van der Waals surface area contributed by atoms with Crippen molar-refractivity contribution in [3.8, 4) is 11.5 Å². The summed E-state index contributed by atoms with van der Waals surface area (Å²) in [4.78, 5) is 0. The van der Waals surface area contributed by atoms with E-state index in [1.807, 2.05) is 6.07 Å². The molecule has 140 valence electrons. The van der Waals surface area contributed by atoms with E-state index in [4.69, 9.17) is 4.74 Å². The summed E-state index contributed by atoms with van der Waals surface area (Å²) in [6.07, 6.45) is 1.49. The van der Waals surface area contributed by atoms with Crippen LogP contribution in [0, 0.1) is 0 Å². The molecule has 0 saturated heterocycles. The summed E-state index contributed by atoms with van der Waals surface area (Å²) in [6.45, 7) is -3.01. The molecule has 0 bridgehead atoms. The van der Waals surface area contributed by atoms with Crippen molar-refractivity contribution in [3.05, 3.63) is 65.1 Å². The van der Waals surface area contributed by atoms with Gasteiger partial charge in [0.1, 0.15) is 0 Å². The predicted molar refractivity (Wildman–Crippen MR) is 95.5 cm³/mol. The Balaban J connectivity index is 2.15. The number of hydrogen-bond acceptors (Lipinski definition) is 4. The molecule has 0 spiro atoms. The first kappa shape index (κ1) is 19.9. The number of ether oxygens (including phenoxy) is 2. The van der Waals surface area contributed by atoms with Crippen molar-refractivity contribution in [2.45, 2.75) is 13.2 Å². The summed E-state index contributed by atoms with van der Waals surface area (Å²) >= 11 is 0. The third kappa shape index (κ3) is 5.53. The van der Waals surface area contributed by atoms with Crippen LogP contribution in [0.5, 0.6) is 11.5 Å². The summed E-state index contributed by atoms with van der Waals surface area (Å²) in [5.74, 6) is -0.00541. The number of nitrogens with zero attached hydrogens (tertiary/aromatic N) is 1. The number of benzene rings is 2. The molecule has 0 aliphatic heterocycles. The number of rotatable bonds is 8. The SMILES string of the molecule is COc1ccc(CN(C)S(=O)(=O)/C=C/c2ccccc2)cc1OC(F)F. The van der Waals surface area contributed by atoms with E-state index in [9.17, 15) is 17.2 Å². The molecule has 0 saturated carbocycles. The molecule has 0 aliphatic rings. The van der Waals surface area contributed by atoms with Gasteiger partial charge >= 0.3 is 6.61 Å². The topological polar surface area (TPSA) is 55.8 Å². The van der Waals surface area contributed by atoms with Crippen molar-refractivity contribution in [2.24, 2.45) is 0 Å². The van der Waals surface area contributed by atoms with E-state index < -0.39 is 16.6 Å². The molecule has 0 fully saturated rings. The summed E-state index contributed by atoms with van der Waals surface area (Å²) in [5, 5.41) is 1.10. The van der Waals surface area contributed by atoms with Crippen LogP contribution >= 0.6 is 0 Å². The Kier molecular flexibility index (Phi) is 6.70. The van der Waals surface area contributed by atoms with E-state index in [-0.39, 0.29) is 18.0 Å². The van der Waals surface area contributed by atoms with Crippen molar-refractivity contribution < 1.29 is 26.7 Å². The maximum absolute atomic E-state index is 12.5. The Bertz CT molecular complexity index is 855. The highest BCUT2D eigenvalue weighted by atomic mass is 32.2. The second-order valence-electron chi connectivity index (χ2n) is 5.38. The second kappa shape index (κ2) is 8.77. The highest BCUT2D eigenvalue weighted by molar-refractivity contribution is 7.92. The van der Waals surface area contributed by atoms with Crippen LogP contribution in [0.1, 0.15) is 11.1 Å². The van der Waals surface area contributed by atoms with Gasteiger partial charge in [-0.15, -0.1) is 0 Å². The van der Waals surface area contributed by atoms with Gasteiger partial charge < -0.3 is 9.47 Å². The minimum atomic E-state index is -3.68. The molecular weight excluding hydrogens is 364 g/mol. The fourth-order valence-electron chi connectivity index (χ4n) is 2.19. The first-order chi connectivity index (χ1) is 12.3. The van der Waals surface area contributed by atoms with Crippen molar-refractivity contribution in [3.63, 3.8) is 0 Å². The van der Waals surface area contributed by atoms with E-state index in [0.717, 1.165) is 15.3 Å². The van der Waals surface area contributed by atoms with Crippen LogP contribution in [0.25, 0.3) is 6.08 Å². The van der Waals surface area contributed by atoms with Crippen LogP contribution in [0.4, 0.5) is 8.78 Å². The van der Waals surface area contributed by atoms with E-state index in [1.54, 1.807) is 30.3 Å². The van der Waals surface area contributed by atoms with Gasteiger partial charge in [0.2, 0.25) is 10.0 Å². The molecule has 2 aromatic carbocycles. The van der Waals surface area contributed by atoms with Gasteiger partial charge in [0, 0.05) is 19.0 Å². The lowest BCUT2D eigenvalue weighted by atomic mass is 10.2. The largest absolute Gasteiger partial charge is 0.493 e. The fraction of sp³-hybridized carbons (Fsp3) is 0.222. The summed E-state index contributed by atoms with van der Waals surface area (Å²) in [5.41, 5.74) is 1.24. The predicted octanol–water partition coefficient (Wildman–Crippen LogP) is 3.73. The highest BCUT2D eigenvalue weighted by Crippen LogP contribution is 2.30. The number of sulfonamides is 1. The van der Waals surface area contributed by atoms with Gasteiger partial charge in [0.25, 0.3) is 0 Å². The zero-order valence-electron chi connectivity index (χ0n) is 14.3. The Morgan fingerprint density at radius 1 is 1.12 bits per heavy atom. The van der Waals surface area contributed by atoms with E-state index in [0.29, 0.717) is 5.56 Å². The first-order valence-electron chi connectivity index (χ1n) is 7.63. The third-order valence-electron chi connectivity index (χ3n) is 3.52. The lowest BCUT2D eigenvalue weighted by Gasteiger charge is -2.16. The molecule has 5 nitrogen and oxygen atoms in total. The Morgan fingerprint density at radius 3 is 2.42 bits per heavy atom. The Labute approximate surface area is 151 Å². The third-order valence-corrected chi connectivity index (χ3v) is 4.99. The average molecular weight is 383 g/mol. The van der Waals surface area contributed by atoms with Crippen LogP contribution in [0.2, 0.25) is 0 Å². The molecule has 0 N–H and O–H groups in total. The molecule has 8 heteroatoms. The van der Waals surface area contributed by atoms with Gasteiger partial charge in [0.15, 0.2) is 11.5 Å². The molecule has 0 aliphatic carbocycles. The molecule has 0 aromatic heterocycles. The van der Waals surface area contributed by atoms with Crippen molar-refractivity contribution in [1.29, 1.82) is 0 Å². The van der Waals surface area contributed by atoms with Crippen molar-refractivity contribution in [1.82, 2.24) is 4.31 Å². The maximum atomic E-state index is 12.5.